The summed E-state index contributed by atoms with van der Waals surface area (Å²) in [4.78, 5) is 23.8. The molecule has 0 radical (unpaired) electrons. The Bertz CT molecular complexity index is 1060. The van der Waals surface area contributed by atoms with Gasteiger partial charge in [-0.15, -0.1) is 0 Å². The van der Waals surface area contributed by atoms with Crippen molar-refractivity contribution >= 4 is 29.0 Å². The van der Waals surface area contributed by atoms with Crippen LogP contribution in [-0.4, -0.2) is 29.0 Å². The molecule has 1 aliphatic heterocycles. The normalized spacial score (nSPS) is 14.6. The quantitative estimate of drug-likeness (QED) is 0.624. The second-order valence-electron chi connectivity index (χ2n) is 7.85. The molecular weight excluding hydrogens is 396 g/mol. The maximum atomic E-state index is 12.7. The van der Waals surface area contributed by atoms with Gasteiger partial charge in [0.15, 0.2) is 0 Å². The van der Waals surface area contributed by atoms with Gasteiger partial charge >= 0.3 is 0 Å². The lowest BCUT2D eigenvalue weighted by molar-refractivity contribution is -0.120. The third-order valence-electron chi connectivity index (χ3n) is 5.60. The van der Waals surface area contributed by atoms with Crippen molar-refractivity contribution in [1.82, 2.24) is 9.97 Å². The number of nitrogens with zero attached hydrogens (tertiary/aromatic N) is 3. The first kappa shape index (κ1) is 20.4. The van der Waals surface area contributed by atoms with Crippen LogP contribution in [0.4, 0.5) is 11.5 Å². The minimum atomic E-state index is -0.0144. The third-order valence-corrected chi connectivity index (χ3v) is 6.00. The number of anilines is 2. The number of carbonyl (C=O) groups excluding carboxylic acids is 1. The lowest BCUT2D eigenvalue weighted by Crippen LogP contribution is -2.38. The van der Waals surface area contributed by atoms with Gasteiger partial charge in [0.05, 0.1) is 5.69 Å². The first-order chi connectivity index (χ1) is 14.5. The molecule has 3 aromatic rings. The smallest absolute Gasteiger partial charge is 0.227 e. The zero-order valence-corrected chi connectivity index (χ0v) is 18.0. The monoisotopic (exact) mass is 420 g/mol. The van der Waals surface area contributed by atoms with Gasteiger partial charge in [0.2, 0.25) is 5.91 Å². The Balaban J connectivity index is 1.39. The van der Waals surface area contributed by atoms with Gasteiger partial charge in [-0.05, 0) is 50.5 Å². The maximum Gasteiger partial charge on any atom is 0.227 e. The van der Waals surface area contributed by atoms with Crippen molar-refractivity contribution in [2.75, 3.05) is 23.3 Å². The topological polar surface area (TPSA) is 58.1 Å². The Morgan fingerprint density at radius 1 is 1.07 bits per heavy atom. The van der Waals surface area contributed by atoms with Crippen LogP contribution in [0.15, 0.2) is 54.9 Å². The molecule has 1 N–H and O–H groups in total. The summed E-state index contributed by atoms with van der Waals surface area (Å²) in [5, 5.41) is 3.67. The minimum Gasteiger partial charge on any atom is -0.356 e. The molecule has 0 unspecified atom stereocenters. The molecule has 0 atom stereocenters. The molecule has 30 heavy (non-hydrogen) atoms. The summed E-state index contributed by atoms with van der Waals surface area (Å²) in [6.45, 7) is 5.60. The van der Waals surface area contributed by atoms with Gasteiger partial charge in [-0.3, -0.25) is 4.79 Å². The molecule has 1 saturated heterocycles. The van der Waals surface area contributed by atoms with Gasteiger partial charge in [0.1, 0.15) is 12.1 Å². The Kier molecular flexibility index (Phi) is 6.00. The summed E-state index contributed by atoms with van der Waals surface area (Å²) in [6.07, 6.45) is 3.19. The molecule has 1 amide bonds. The molecule has 0 aliphatic carbocycles. The number of halogens is 1. The van der Waals surface area contributed by atoms with Gasteiger partial charge in [0, 0.05) is 41.3 Å². The number of amides is 1. The zero-order chi connectivity index (χ0) is 21.1. The highest BCUT2D eigenvalue weighted by Gasteiger charge is 2.26. The van der Waals surface area contributed by atoms with Crippen molar-refractivity contribution in [3.8, 4) is 11.3 Å². The van der Waals surface area contributed by atoms with Crippen molar-refractivity contribution in [3.63, 3.8) is 0 Å². The lowest BCUT2D eigenvalue weighted by atomic mass is 9.95. The summed E-state index contributed by atoms with van der Waals surface area (Å²) in [5.74, 6) is 0.947. The predicted octanol–water partition coefficient (Wildman–Crippen LogP) is 5.27. The number of rotatable bonds is 4. The summed E-state index contributed by atoms with van der Waals surface area (Å²) in [6, 6.07) is 15.9. The third kappa shape index (κ3) is 4.62. The van der Waals surface area contributed by atoms with Crippen LogP contribution in [-0.2, 0) is 4.79 Å². The van der Waals surface area contributed by atoms with Crippen molar-refractivity contribution in [2.24, 2.45) is 5.92 Å². The molecule has 0 bridgehead atoms. The molecule has 1 aliphatic rings. The van der Waals surface area contributed by atoms with E-state index in [0.29, 0.717) is 5.02 Å². The Morgan fingerprint density at radius 2 is 1.87 bits per heavy atom. The molecule has 0 saturated carbocycles. The average Bonchev–Trinajstić information content (AvgIpc) is 2.76. The van der Waals surface area contributed by atoms with Gasteiger partial charge in [-0.2, -0.15) is 0 Å². The number of aryl methyl sites for hydroxylation is 2. The van der Waals surface area contributed by atoms with E-state index in [0.717, 1.165) is 54.3 Å². The van der Waals surface area contributed by atoms with Gasteiger partial charge in [-0.1, -0.05) is 41.4 Å². The van der Waals surface area contributed by atoms with E-state index in [1.807, 2.05) is 31.2 Å². The molecule has 5 nitrogen and oxygen atoms in total. The molecule has 6 heteroatoms. The summed E-state index contributed by atoms with van der Waals surface area (Å²) < 4.78 is 0. The lowest BCUT2D eigenvalue weighted by Gasteiger charge is -2.32. The van der Waals surface area contributed by atoms with E-state index in [2.05, 4.69) is 45.3 Å². The number of nitrogens with one attached hydrogen (secondary N) is 1. The standard InChI is InChI=1S/C24H25ClN4O/c1-16-4-3-5-19(12-16)22-14-23(27-15-26-22)29-10-8-18(9-11-29)24(30)28-20-7-6-17(2)21(25)13-20/h3-7,12-15,18H,8-11H2,1-2H3,(H,28,30). The second-order valence-corrected chi connectivity index (χ2v) is 8.25. The van der Waals surface area contributed by atoms with E-state index >= 15 is 0 Å². The predicted molar refractivity (Wildman–Crippen MR) is 122 cm³/mol. The molecule has 0 spiro atoms. The van der Waals surface area contributed by atoms with Crippen molar-refractivity contribution in [2.45, 2.75) is 26.7 Å². The maximum absolute atomic E-state index is 12.7. The Labute approximate surface area is 182 Å². The molecular formula is C24H25ClN4O. The zero-order valence-electron chi connectivity index (χ0n) is 17.2. The minimum absolute atomic E-state index is 0.0144. The number of aromatic nitrogens is 2. The molecule has 1 aromatic heterocycles. The van der Waals surface area contributed by atoms with Gasteiger partial charge in [-0.25, -0.2) is 9.97 Å². The van der Waals surface area contributed by atoms with E-state index < -0.39 is 0 Å². The van der Waals surface area contributed by atoms with Crippen molar-refractivity contribution < 1.29 is 4.79 Å². The second kappa shape index (κ2) is 8.84. The highest BCUT2D eigenvalue weighted by Crippen LogP contribution is 2.27. The number of benzene rings is 2. The highest BCUT2D eigenvalue weighted by molar-refractivity contribution is 6.31. The number of hydrogen-bond donors (Lipinski definition) is 1. The van der Waals surface area contributed by atoms with E-state index in [1.54, 1.807) is 12.4 Å². The van der Waals surface area contributed by atoms with Crippen LogP contribution in [0.5, 0.6) is 0 Å². The van der Waals surface area contributed by atoms with Crippen LogP contribution in [0.25, 0.3) is 11.3 Å². The van der Waals surface area contributed by atoms with E-state index in [1.165, 1.54) is 5.56 Å². The van der Waals surface area contributed by atoms with Gasteiger partial charge in [0.25, 0.3) is 0 Å². The van der Waals surface area contributed by atoms with Crippen LogP contribution in [0.1, 0.15) is 24.0 Å². The first-order valence-electron chi connectivity index (χ1n) is 10.2. The van der Waals surface area contributed by atoms with Crippen LogP contribution >= 0.6 is 11.6 Å². The van der Waals surface area contributed by atoms with Crippen LogP contribution in [0, 0.1) is 19.8 Å². The Morgan fingerprint density at radius 3 is 2.60 bits per heavy atom. The van der Waals surface area contributed by atoms with Crippen LogP contribution in [0.3, 0.4) is 0 Å². The fourth-order valence-electron chi connectivity index (χ4n) is 3.77. The fourth-order valence-corrected chi connectivity index (χ4v) is 3.95. The molecule has 1 fully saturated rings. The molecule has 2 aromatic carbocycles. The fraction of sp³-hybridized carbons (Fsp3) is 0.292. The van der Waals surface area contributed by atoms with Crippen molar-refractivity contribution in [3.05, 3.63) is 71.0 Å². The first-order valence-corrected chi connectivity index (χ1v) is 10.6. The molecule has 4 rings (SSSR count). The number of carbonyl (C=O) groups is 1. The number of hydrogen-bond acceptors (Lipinski definition) is 4. The Hall–Kier alpha value is -2.92. The van der Waals surface area contributed by atoms with E-state index in [9.17, 15) is 4.79 Å². The number of piperidine rings is 1. The average molecular weight is 421 g/mol. The summed E-state index contributed by atoms with van der Waals surface area (Å²) in [7, 11) is 0. The summed E-state index contributed by atoms with van der Waals surface area (Å²) in [5.41, 5.74) is 4.95. The molecule has 2 heterocycles. The largest absolute Gasteiger partial charge is 0.356 e. The van der Waals surface area contributed by atoms with Crippen LogP contribution in [0.2, 0.25) is 5.02 Å². The van der Waals surface area contributed by atoms with Gasteiger partial charge < -0.3 is 10.2 Å². The van der Waals surface area contributed by atoms with E-state index in [4.69, 9.17) is 11.6 Å². The van der Waals surface area contributed by atoms with E-state index in [-0.39, 0.29) is 11.8 Å². The highest BCUT2D eigenvalue weighted by atomic mass is 35.5. The van der Waals surface area contributed by atoms with Crippen LogP contribution < -0.4 is 10.2 Å². The SMILES string of the molecule is Cc1cccc(-c2cc(N3CCC(C(=O)Nc4ccc(C)c(Cl)c4)CC3)ncn2)c1. The van der Waals surface area contributed by atoms with Crippen molar-refractivity contribution in [1.29, 1.82) is 0 Å². The summed E-state index contributed by atoms with van der Waals surface area (Å²) >= 11 is 6.17. The molecule has 154 valence electrons.